The fourth-order valence-electron chi connectivity index (χ4n) is 5.69. The zero-order valence-corrected chi connectivity index (χ0v) is 23.4. The molecule has 2 aliphatic heterocycles. The summed E-state index contributed by atoms with van der Waals surface area (Å²) in [5.41, 5.74) is 0.441. The van der Waals surface area contributed by atoms with E-state index in [-0.39, 0.29) is 23.7 Å². The lowest BCUT2D eigenvalue weighted by molar-refractivity contribution is 0.00578. The predicted molar refractivity (Wildman–Crippen MR) is 145 cm³/mol. The quantitative estimate of drug-likeness (QED) is 0.591. The number of hydrogen-bond donors (Lipinski definition) is 1. The van der Waals surface area contributed by atoms with Crippen molar-refractivity contribution >= 4 is 29.6 Å². The summed E-state index contributed by atoms with van der Waals surface area (Å²) in [4.78, 5) is 34.4. The van der Waals surface area contributed by atoms with Gasteiger partial charge in [-0.2, -0.15) is 0 Å². The Morgan fingerprint density at radius 3 is 2.24 bits per heavy atom. The largest absolute Gasteiger partial charge is 0.494 e. The van der Waals surface area contributed by atoms with Crippen LogP contribution in [-0.2, 0) is 15.9 Å². The number of benzene rings is 1. The molecule has 4 rings (SSSR count). The lowest BCUT2D eigenvalue weighted by atomic mass is 9.78. The number of rotatable bonds is 6. The standard InChI is InChI=1S/C27H41BN4O5/c1-9-11-22(30-15-17(3)32(25(34)35)18(4)16-30)23-29-21-13-12-19(14-20(21)24(33)31(23)10-2)28-36-26(5,6)27(7,8)37-28/h12-14,17-18,22H,9-11,15-16H2,1-8H3,(H,34,35)/t17?,18?,22-/m1/s1. The molecule has 0 radical (unpaired) electrons. The molecular weight excluding hydrogens is 471 g/mol. The highest BCUT2D eigenvalue weighted by Gasteiger charge is 2.51. The second kappa shape index (κ2) is 10.0. The van der Waals surface area contributed by atoms with Gasteiger partial charge in [-0.25, -0.2) is 9.78 Å². The van der Waals surface area contributed by atoms with E-state index in [0.29, 0.717) is 30.5 Å². The first-order valence-electron chi connectivity index (χ1n) is 13.5. The minimum absolute atomic E-state index is 0.0766. The summed E-state index contributed by atoms with van der Waals surface area (Å²) in [6.07, 6.45) is 0.862. The molecule has 0 spiro atoms. The number of fused-ring (bicyclic) bond motifs is 1. The molecule has 1 aromatic carbocycles. The van der Waals surface area contributed by atoms with E-state index >= 15 is 0 Å². The van der Waals surface area contributed by atoms with Gasteiger partial charge in [-0.05, 0) is 72.5 Å². The molecule has 2 fully saturated rings. The van der Waals surface area contributed by atoms with Gasteiger partial charge in [0.1, 0.15) is 5.82 Å². The highest BCUT2D eigenvalue weighted by atomic mass is 16.7. The van der Waals surface area contributed by atoms with E-state index in [2.05, 4.69) is 11.8 Å². The van der Waals surface area contributed by atoms with E-state index < -0.39 is 24.4 Å². The van der Waals surface area contributed by atoms with Crippen LogP contribution in [0.15, 0.2) is 23.0 Å². The molecule has 3 heterocycles. The first-order valence-corrected chi connectivity index (χ1v) is 13.5. The van der Waals surface area contributed by atoms with Crippen LogP contribution in [0.3, 0.4) is 0 Å². The Balaban J connectivity index is 1.74. The van der Waals surface area contributed by atoms with Crippen molar-refractivity contribution in [2.24, 2.45) is 0 Å². The third kappa shape index (κ3) is 4.91. The van der Waals surface area contributed by atoms with Gasteiger partial charge in [0.2, 0.25) is 0 Å². The Morgan fingerprint density at radius 1 is 1.14 bits per heavy atom. The van der Waals surface area contributed by atoms with Crippen LogP contribution in [0.25, 0.3) is 10.9 Å². The molecule has 2 aromatic rings. The Bertz CT molecular complexity index is 1200. The van der Waals surface area contributed by atoms with Gasteiger partial charge in [-0.1, -0.05) is 19.4 Å². The van der Waals surface area contributed by atoms with Gasteiger partial charge in [-0.15, -0.1) is 0 Å². The maximum Gasteiger partial charge on any atom is 0.494 e. The average Bonchev–Trinajstić information content (AvgIpc) is 3.03. The predicted octanol–water partition coefficient (Wildman–Crippen LogP) is 3.63. The lowest BCUT2D eigenvalue weighted by Crippen LogP contribution is -2.59. The maximum absolute atomic E-state index is 13.8. The monoisotopic (exact) mass is 512 g/mol. The van der Waals surface area contributed by atoms with Crippen molar-refractivity contribution in [2.45, 2.75) is 104 Å². The number of piperazine rings is 1. The summed E-state index contributed by atoms with van der Waals surface area (Å²) in [7, 11) is -0.551. The minimum atomic E-state index is -0.890. The number of hydrogen-bond acceptors (Lipinski definition) is 6. The van der Waals surface area contributed by atoms with Gasteiger partial charge in [0.05, 0.1) is 28.1 Å². The molecule has 202 valence electrons. The molecule has 0 saturated carbocycles. The van der Waals surface area contributed by atoms with E-state index in [1.54, 1.807) is 4.57 Å². The molecular formula is C27H41BN4O5. The van der Waals surface area contributed by atoms with Gasteiger partial charge in [-0.3, -0.25) is 14.3 Å². The molecule has 37 heavy (non-hydrogen) atoms. The molecule has 1 amide bonds. The van der Waals surface area contributed by atoms with Crippen LogP contribution in [0.2, 0.25) is 0 Å². The van der Waals surface area contributed by atoms with E-state index in [4.69, 9.17) is 14.3 Å². The molecule has 1 N–H and O–H groups in total. The summed E-state index contributed by atoms with van der Waals surface area (Å²) in [5.74, 6) is 0.744. The van der Waals surface area contributed by atoms with Crippen molar-refractivity contribution in [3.8, 4) is 0 Å². The number of carbonyl (C=O) groups is 1. The topological polar surface area (TPSA) is 97.1 Å². The van der Waals surface area contributed by atoms with Crippen molar-refractivity contribution in [1.29, 1.82) is 0 Å². The smallest absolute Gasteiger partial charge is 0.465 e. The fraction of sp³-hybridized carbons (Fsp3) is 0.667. The number of amides is 1. The first kappa shape index (κ1) is 27.6. The van der Waals surface area contributed by atoms with E-state index in [1.807, 2.05) is 66.7 Å². The van der Waals surface area contributed by atoms with Crippen LogP contribution in [0.4, 0.5) is 4.79 Å². The van der Waals surface area contributed by atoms with Crippen LogP contribution >= 0.6 is 0 Å². The molecule has 9 nitrogen and oxygen atoms in total. The van der Waals surface area contributed by atoms with E-state index in [0.717, 1.165) is 24.1 Å². The Morgan fingerprint density at radius 2 is 1.73 bits per heavy atom. The molecule has 2 aliphatic rings. The van der Waals surface area contributed by atoms with Crippen molar-refractivity contribution in [1.82, 2.24) is 19.4 Å². The second-order valence-corrected chi connectivity index (χ2v) is 11.5. The van der Waals surface area contributed by atoms with Crippen molar-refractivity contribution < 1.29 is 19.2 Å². The van der Waals surface area contributed by atoms with E-state index in [9.17, 15) is 14.7 Å². The molecule has 1 aromatic heterocycles. The maximum atomic E-state index is 13.8. The molecule has 3 atom stereocenters. The fourth-order valence-corrected chi connectivity index (χ4v) is 5.69. The molecule has 2 unspecified atom stereocenters. The van der Waals surface area contributed by atoms with E-state index in [1.165, 1.54) is 4.90 Å². The van der Waals surface area contributed by atoms with Gasteiger partial charge >= 0.3 is 13.2 Å². The van der Waals surface area contributed by atoms with Gasteiger partial charge < -0.3 is 19.3 Å². The van der Waals surface area contributed by atoms with Gasteiger partial charge in [0.15, 0.2) is 0 Å². The Labute approximate surface area is 219 Å². The van der Waals surface area contributed by atoms with Crippen molar-refractivity contribution in [2.75, 3.05) is 13.1 Å². The zero-order chi connectivity index (χ0) is 27.3. The third-order valence-electron chi connectivity index (χ3n) is 8.32. The summed E-state index contributed by atoms with van der Waals surface area (Å²) >= 11 is 0. The Hall–Kier alpha value is -2.43. The first-order chi connectivity index (χ1) is 17.3. The van der Waals surface area contributed by atoms with Crippen LogP contribution < -0.4 is 11.0 Å². The summed E-state index contributed by atoms with van der Waals surface area (Å²) in [5, 5.41) is 10.2. The van der Waals surface area contributed by atoms with Gasteiger partial charge in [0, 0.05) is 31.7 Å². The van der Waals surface area contributed by atoms with Crippen molar-refractivity contribution in [3.63, 3.8) is 0 Å². The molecule has 2 saturated heterocycles. The lowest BCUT2D eigenvalue weighted by Gasteiger charge is -2.45. The second-order valence-electron chi connectivity index (χ2n) is 11.5. The minimum Gasteiger partial charge on any atom is -0.465 e. The number of nitrogens with zero attached hydrogens (tertiary/aromatic N) is 4. The van der Waals surface area contributed by atoms with Crippen molar-refractivity contribution in [3.05, 3.63) is 34.4 Å². The van der Waals surface area contributed by atoms with Crippen LogP contribution in [-0.4, -0.2) is 74.0 Å². The average molecular weight is 512 g/mol. The summed E-state index contributed by atoms with van der Waals surface area (Å²) < 4.78 is 14.2. The number of aromatic nitrogens is 2. The third-order valence-corrected chi connectivity index (χ3v) is 8.32. The van der Waals surface area contributed by atoms with Crippen LogP contribution in [0.1, 0.15) is 80.1 Å². The van der Waals surface area contributed by atoms with Crippen LogP contribution in [0, 0.1) is 0 Å². The zero-order valence-electron chi connectivity index (χ0n) is 23.4. The Kier molecular flexibility index (Phi) is 7.49. The SMILES string of the molecule is CCC[C@H](c1nc2ccc(B3OC(C)(C)C(C)(C)O3)cc2c(=O)n1CC)N1CC(C)N(C(=O)O)C(C)C1. The summed E-state index contributed by atoms with van der Waals surface area (Å²) in [6, 6.07) is 5.30. The molecule has 0 aliphatic carbocycles. The molecule has 10 heteroatoms. The highest BCUT2D eigenvalue weighted by molar-refractivity contribution is 6.62. The summed E-state index contributed by atoms with van der Waals surface area (Å²) in [6.45, 7) is 17.7. The highest BCUT2D eigenvalue weighted by Crippen LogP contribution is 2.36. The van der Waals surface area contributed by atoms with Crippen LogP contribution in [0.5, 0.6) is 0 Å². The normalized spacial score (nSPS) is 24.5. The number of carboxylic acid groups (broad SMARTS) is 1. The molecule has 0 bridgehead atoms. The van der Waals surface area contributed by atoms with Gasteiger partial charge in [0.25, 0.3) is 5.56 Å².